The zero-order valence-corrected chi connectivity index (χ0v) is 13.5. The van der Waals surface area contributed by atoms with E-state index < -0.39 is 23.4 Å². The maximum absolute atomic E-state index is 13.9. The second-order valence-electron chi connectivity index (χ2n) is 5.88. The minimum atomic E-state index is -4.45. The van der Waals surface area contributed by atoms with Crippen LogP contribution < -0.4 is 0 Å². The summed E-state index contributed by atoms with van der Waals surface area (Å²) in [5.74, 6) is -1.23. The first kappa shape index (κ1) is 17.1. The average Bonchev–Trinajstić information content (AvgIpc) is 3.04. The fraction of sp³-hybridized carbons (Fsp3) is 0.0526. The Kier molecular flexibility index (Phi) is 3.91. The number of imidazole rings is 1. The quantitative estimate of drug-likeness (QED) is 0.442. The number of rotatable bonds is 2. The molecular weight excluding hydrogens is 365 g/mol. The highest BCUT2D eigenvalue weighted by Crippen LogP contribution is 2.32. The first-order chi connectivity index (χ1) is 12.8. The largest absolute Gasteiger partial charge is 0.416 e. The lowest BCUT2D eigenvalue weighted by molar-refractivity contribution is -0.137. The van der Waals surface area contributed by atoms with E-state index in [-0.39, 0.29) is 17.0 Å². The third kappa shape index (κ3) is 3.25. The van der Waals surface area contributed by atoms with Crippen LogP contribution in [-0.4, -0.2) is 14.4 Å². The molecule has 136 valence electrons. The molecule has 0 N–H and O–H groups in total. The summed E-state index contributed by atoms with van der Waals surface area (Å²) in [5, 5.41) is 0. The lowest BCUT2D eigenvalue weighted by Crippen LogP contribution is -2.04. The third-order valence-electron chi connectivity index (χ3n) is 4.04. The predicted molar refractivity (Wildman–Crippen MR) is 88.8 cm³/mol. The van der Waals surface area contributed by atoms with Crippen LogP contribution in [0.15, 0.2) is 61.1 Å². The molecule has 0 fully saturated rings. The molecule has 0 bridgehead atoms. The van der Waals surface area contributed by atoms with Crippen LogP contribution in [0.3, 0.4) is 0 Å². The minimum absolute atomic E-state index is 0.0996. The molecule has 0 spiro atoms. The van der Waals surface area contributed by atoms with Gasteiger partial charge in [-0.2, -0.15) is 13.2 Å². The fourth-order valence-electron chi connectivity index (χ4n) is 2.74. The molecule has 27 heavy (non-hydrogen) atoms. The summed E-state index contributed by atoms with van der Waals surface area (Å²) in [6.45, 7) is 0. The van der Waals surface area contributed by atoms with E-state index in [1.165, 1.54) is 35.0 Å². The molecule has 0 aliphatic carbocycles. The molecule has 4 aromatic rings. The van der Waals surface area contributed by atoms with Crippen molar-refractivity contribution < 1.29 is 22.0 Å². The topological polar surface area (TPSA) is 30.2 Å². The summed E-state index contributed by atoms with van der Waals surface area (Å²) < 4.78 is 67.2. The maximum Gasteiger partial charge on any atom is 0.416 e. The summed E-state index contributed by atoms with van der Waals surface area (Å²) in [5.41, 5.74) is 0.350. The first-order valence-corrected chi connectivity index (χ1v) is 7.79. The fourth-order valence-corrected chi connectivity index (χ4v) is 2.74. The van der Waals surface area contributed by atoms with Gasteiger partial charge in [0.1, 0.15) is 11.6 Å². The van der Waals surface area contributed by atoms with E-state index in [1.807, 2.05) is 0 Å². The number of fused-ring (bicyclic) bond motifs is 1. The highest BCUT2D eigenvalue weighted by atomic mass is 19.4. The van der Waals surface area contributed by atoms with E-state index in [0.29, 0.717) is 11.1 Å². The van der Waals surface area contributed by atoms with Crippen molar-refractivity contribution in [2.24, 2.45) is 0 Å². The molecule has 0 saturated heterocycles. The molecule has 0 radical (unpaired) electrons. The van der Waals surface area contributed by atoms with Crippen LogP contribution in [0.2, 0.25) is 0 Å². The molecule has 0 aliphatic heterocycles. The van der Waals surface area contributed by atoms with Gasteiger partial charge in [-0.25, -0.2) is 18.7 Å². The summed E-state index contributed by atoms with van der Waals surface area (Å²) >= 11 is 0. The van der Waals surface area contributed by atoms with E-state index >= 15 is 0 Å². The van der Waals surface area contributed by atoms with Crippen molar-refractivity contribution in [1.82, 2.24) is 14.4 Å². The van der Waals surface area contributed by atoms with E-state index in [2.05, 4.69) is 9.97 Å². The zero-order chi connectivity index (χ0) is 19.2. The van der Waals surface area contributed by atoms with Crippen molar-refractivity contribution in [3.8, 4) is 22.4 Å². The number of benzene rings is 2. The van der Waals surface area contributed by atoms with Crippen molar-refractivity contribution in [2.75, 3.05) is 0 Å². The summed E-state index contributed by atoms with van der Waals surface area (Å²) in [6, 6.07) is 8.00. The van der Waals surface area contributed by atoms with Crippen molar-refractivity contribution in [2.45, 2.75) is 6.18 Å². The molecule has 0 unspecified atom stereocenters. The number of aromatic nitrogens is 3. The molecule has 2 aromatic carbocycles. The average molecular weight is 375 g/mol. The summed E-state index contributed by atoms with van der Waals surface area (Å²) in [6.07, 6.45) is -0.0239. The highest BCUT2D eigenvalue weighted by molar-refractivity contribution is 5.66. The number of nitrogens with zero attached hydrogens (tertiary/aromatic N) is 3. The van der Waals surface area contributed by atoms with E-state index in [1.54, 1.807) is 6.20 Å². The van der Waals surface area contributed by atoms with Gasteiger partial charge in [0, 0.05) is 35.8 Å². The van der Waals surface area contributed by atoms with Gasteiger partial charge in [0.25, 0.3) is 0 Å². The van der Waals surface area contributed by atoms with Gasteiger partial charge in [-0.3, -0.25) is 4.40 Å². The van der Waals surface area contributed by atoms with Crippen LogP contribution in [-0.2, 0) is 6.18 Å². The standard InChI is InChI=1S/C19H10F5N3/c20-14-4-5-15(16(21)7-14)17-10-27-9-12(8-25-18(27)26-17)11-2-1-3-13(6-11)19(22,23)24/h1-10H. The molecule has 0 amide bonds. The van der Waals surface area contributed by atoms with E-state index in [0.717, 1.165) is 24.3 Å². The van der Waals surface area contributed by atoms with Crippen molar-refractivity contribution in [3.63, 3.8) is 0 Å². The second-order valence-corrected chi connectivity index (χ2v) is 5.88. The summed E-state index contributed by atoms with van der Waals surface area (Å²) in [4.78, 5) is 8.29. The van der Waals surface area contributed by atoms with Crippen molar-refractivity contribution in [1.29, 1.82) is 0 Å². The normalized spacial score (nSPS) is 11.9. The Morgan fingerprint density at radius 3 is 2.44 bits per heavy atom. The van der Waals surface area contributed by atoms with Crippen molar-refractivity contribution in [3.05, 3.63) is 78.3 Å². The maximum atomic E-state index is 13.9. The highest BCUT2D eigenvalue weighted by Gasteiger charge is 2.30. The summed E-state index contributed by atoms with van der Waals surface area (Å²) in [7, 11) is 0. The van der Waals surface area contributed by atoms with Gasteiger partial charge < -0.3 is 0 Å². The van der Waals surface area contributed by atoms with Gasteiger partial charge in [0.05, 0.1) is 11.3 Å². The lowest BCUT2D eigenvalue weighted by Gasteiger charge is -2.08. The number of hydrogen-bond donors (Lipinski definition) is 0. The second kappa shape index (κ2) is 6.15. The number of halogens is 5. The van der Waals surface area contributed by atoms with Gasteiger partial charge in [-0.1, -0.05) is 12.1 Å². The molecule has 0 aliphatic rings. The third-order valence-corrected chi connectivity index (χ3v) is 4.04. The molecule has 0 atom stereocenters. The van der Waals surface area contributed by atoms with E-state index in [9.17, 15) is 22.0 Å². The van der Waals surface area contributed by atoms with Crippen LogP contribution in [0.1, 0.15) is 5.56 Å². The van der Waals surface area contributed by atoms with Crippen molar-refractivity contribution >= 4 is 5.78 Å². The Labute approximate surface area is 149 Å². The number of alkyl halides is 3. The zero-order valence-electron chi connectivity index (χ0n) is 13.5. The molecule has 3 nitrogen and oxygen atoms in total. The monoisotopic (exact) mass is 375 g/mol. The number of hydrogen-bond acceptors (Lipinski definition) is 2. The van der Waals surface area contributed by atoms with E-state index in [4.69, 9.17) is 0 Å². The van der Waals surface area contributed by atoms with Crippen LogP contribution in [0.5, 0.6) is 0 Å². The van der Waals surface area contributed by atoms with Gasteiger partial charge in [-0.15, -0.1) is 0 Å². The molecular formula is C19H10F5N3. The first-order valence-electron chi connectivity index (χ1n) is 7.79. The Morgan fingerprint density at radius 1 is 0.889 bits per heavy atom. The Hall–Kier alpha value is -3.29. The Balaban J connectivity index is 1.77. The van der Waals surface area contributed by atoms with Crippen LogP contribution in [0, 0.1) is 11.6 Å². The molecule has 0 saturated carbocycles. The van der Waals surface area contributed by atoms with Crippen LogP contribution >= 0.6 is 0 Å². The molecule has 2 heterocycles. The molecule has 4 rings (SSSR count). The Bertz CT molecular complexity index is 1150. The SMILES string of the molecule is Fc1ccc(-c2cn3cc(-c4cccc(C(F)(F)F)c4)cnc3n2)c(F)c1. The van der Waals surface area contributed by atoms with Crippen LogP contribution in [0.25, 0.3) is 28.2 Å². The van der Waals surface area contributed by atoms with Gasteiger partial charge in [0.2, 0.25) is 5.78 Å². The molecule has 8 heteroatoms. The van der Waals surface area contributed by atoms with Gasteiger partial charge >= 0.3 is 6.18 Å². The smallest absolute Gasteiger partial charge is 0.290 e. The lowest BCUT2D eigenvalue weighted by atomic mass is 10.1. The Morgan fingerprint density at radius 2 is 1.70 bits per heavy atom. The molecule has 2 aromatic heterocycles. The minimum Gasteiger partial charge on any atom is -0.290 e. The van der Waals surface area contributed by atoms with Gasteiger partial charge in [-0.05, 0) is 29.8 Å². The van der Waals surface area contributed by atoms with Gasteiger partial charge in [0.15, 0.2) is 0 Å². The van der Waals surface area contributed by atoms with Crippen LogP contribution in [0.4, 0.5) is 22.0 Å². The predicted octanol–water partition coefficient (Wildman–Crippen LogP) is 5.36.